The number of amides is 2. The largest absolute Gasteiger partial charge is 0.405 e. The van der Waals surface area contributed by atoms with Crippen LogP contribution in [-0.2, 0) is 4.79 Å². The Morgan fingerprint density at radius 3 is 2.48 bits per heavy atom. The molecule has 1 rings (SSSR count). The summed E-state index contributed by atoms with van der Waals surface area (Å²) in [6.45, 7) is -0.000577. The molecule has 0 saturated heterocycles. The minimum atomic E-state index is -4.44. The number of alkyl halides is 3. The lowest BCUT2D eigenvalue weighted by Crippen LogP contribution is -2.37. The first-order valence-corrected chi connectivity index (χ1v) is 6.13. The van der Waals surface area contributed by atoms with Gasteiger partial charge >= 0.3 is 6.18 Å². The normalized spacial score (nSPS) is 10.9. The Hall–Kier alpha value is -2.25. The third kappa shape index (κ3) is 5.33. The number of hydrogen-bond donors (Lipinski definition) is 3. The molecule has 21 heavy (non-hydrogen) atoms. The maximum absolute atomic E-state index is 11.9. The molecule has 0 atom stereocenters. The summed E-state index contributed by atoms with van der Waals surface area (Å²) in [5, 5.41) is 6.94. The summed E-state index contributed by atoms with van der Waals surface area (Å²) in [6.07, 6.45) is -4.44. The van der Waals surface area contributed by atoms with Crippen molar-refractivity contribution in [1.82, 2.24) is 10.6 Å². The van der Waals surface area contributed by atoms with Gasteiger partial charge in [-0.05, 0) is 24.6 Å². The molecule has 8 heteroatoms. The van der Waals surface area contributed by atoms with Crippen LogP contribution in [0.15, 0.2) is 18.2 Å². The van der Waals surface area contributed by atoms with Crippen LogP contribution in [0, 0.1) is 6.92 Å². The van der Waals surface area contributed by atoms with Crippen molar-refractivity contribution in [2.75, 3.05) is 25.5 Å². The molecular weight excluding hydrogens is 287 g/mol. The number of nitrogens with one attached hydrogen (secondary N) is 3. The fourth-order valence-electron chi connectivity index (χ4n) is 1.64. The topological polar surface area (TPSA) is 70.2 Å². The van der Waals surface area contributed by atoms with E-state index in [1.165, 1.54) is 7.05 Å². The van der Waals surface area contributed by atoms with Gasteiger partial charge in [-0.25, -0.2) is 0 Å². The molecule has 0 radical (unpaired) electrons. The monoisotopic (exact) mass is 303 g/mol. The summed E-state index contributed by atoms with van der Waals surface area (Å²) >= 11 is 0. The molecule has 5 nitrogen and oxygen atoms in total. The Bertz CT molecular complexity index is 530. The molecule has 0 unspecified atom stereocenters. The van der Waals surface area contributed by atoms with Gasteiger partial charge < -0.3 is 16.0 Å². The standard InChI is InChI=1S/C13H16F3N3O2/c1-8-9(12(21)17-2)4-3-5-10(8)18-6-11(20)19-7-13(14,15)16/h3-5,18H,6-7H2,1-2H3,(H,17,21)(H,19,20). The molecule has 0 heterocycles. The minimum Gasteiger partial charge on any atom is -0.376 e. The van der Waals surface area contributed by atoms with Gasteiger partial charge in [-0.1, -0.05) is 6.07 Å². The number of carbonyl (C=O) groups excluding carboxylic acids is 2. The lowest BCUT2D eigenvalue weighted by molar-refractivity contribution is -0.137. The van der Waals surface area contributed by atoms with Gasteiger partial charge in [0.15, 0.2) is 0 Å². The van der Waals surface area contributed by atoms with Crippen molar-refractivity contribution in [3.8, 4) is 0 Å². The van der Waals surface area contributed by atoms with E-state index in [0.717, 1.165) is 0 Å². The fourth-order valence-corrected chi connectivity index (χ4v) is 1.64. The summed E-state index contributed by atoms with van der Waals surface area (Å²) < 4.78 is 35.8. The molecule has 2 amide bonds. The van der Waals surface area contributed by atoms with Crippen LogP contribution < -0.4 is 16.0 Å². The summed E-state index contributed by atoms with van der Waals surface area (Å²) in [7, 11) is 1.49. The molecular formula is C13H16F3N3O2. The minimum absolute atomic E-state index is 0.280. The van der Waals surface area contributed by atoms with E-state index < -0.39 is 18.6 Å². The smallest absolute Gasteiger partial charge is 0.376 e. The first kappa shape index (κ1) is 16.8. The SMILES string of the molecule is CNC(=O)c1cccc(NCC(=O)NCC(F)(F)F)c1C. The Kier molecular flexibility index (Phi) is 5.57. The molecule has 0 aliphatic rings. The van der Waals surface area contributed by atoms with Crippen LogP contribution in [0.25, 0.3) is 0 Å². The number of hydrogen-bond acceptors (Lipinski definition) is 3. The Labute approximate surface area is 119 Å². The Morgan fingerprint density at radius 2 is 1.90 bits per heavy atom. The lowest BCUT2D eigenvalue weighted by Gasteiger charge is -2.13. The van der Waals surface area contributed by atoms with Crippen molar-refractivity contribution < 1.29 is 22.8 Å². The third-order valence-electron chi connectivity index (χ3n) is 2.73. The van der Waals surface area contributed by atoms with E-state index in [0.29, 0.717) is 16.8 Å². The number of halogens is 3. The molecule has 0 aromatic heterocycles. The second-order valence-electron chi connectivity index (χ2n) is 4.30. The quantitative estimate of drug-likeness (QED) is 0.771. The van der Waals surface area contributed by atoms with Crippen molar-refractivity contribution in [3.63, 3.8) is 0 Å². The average Bonchev–Trinajstić information content (AvgIpc) is 2.42. The van der Waals surface area contributed by atoms with E-state index in [1.54, 1.807) is 30.4 Å². The lowest BCUT2D eigenvalue weighted by atomic mass is 10.1. The molecule has 116 valence electrons. The van der Waals surface area contributed by atoms with Gasteiger partial charge in [0.05, 0.1) is 6.54 Å². The van der Waals surface area contributed by atoms with Crippen LogP contribution in [0.2, 0.25) is 0 Å². The highest BCUT2D eigenvalue weighted by Gasteiger charge is 2.27. The van der Waals surface area contributed by atoms with E-state index >= 15 is 0 Å². The number of carbonyl (C=O) groups is 2. The van der Waals surface area contributed by atoms with Crippen molar-refractivity contribution >= 4 is 17.5 Å². The van der Waals surface area contributed by atoms with Gasteiger partial charge in [-0.3, -0.25) is 9.59 Å². The van der Waals surface area contributed by atoms with Crippen molar-refractivity contribution in [2.45, 2.75) is 13.1 Å². The van der Waals surface area contributed by atoms with Gasteiger partial charge in [0.2, 0.25) is 5.91 Å². The summed E-state index contributed by atoms with van der Waals surface area (Å²) in [5.74, 6) is -1.06. The molecule has 0 aliphatic heterocycles. The van der Waals surface area contributed by atoms with Crippen LogP contribution in [0.5, 0.6) is 0 Å². The van der Waals surface area contributed by atoms with E-state index in [2.05, 4.69) is 10.6 Å². The predicted octanol–water partition coefficient (Wildman–Crippen LogP) is 1.45. The second kappa shape index (κ2) is 6.96. The van der Waals surface area contributed by atoms with Crippen molar-refractivity contribution in [2.24, 2.45) is 0 Å². The van der Waals surface area contributed by atoms with Gasteiger partial charge in [0.1, 0.15) is 6.54 Å². The average molecular weight is 303 g/mol. The molecule has 0 fully saturated rings. The second-order valence-corrected chi connectivity index (χ2v) is 4.30. The highest BCUT2D eigenvalue weighted by Crippen LogP contribution is 2.18. The molecule has 3 N–H and O–H groups in total. The van der Waals surface area contributed by atoms with Crippen molar-refractivity contribution in [3.05, 3.63) is 29.3 Å². The molecule has 1 aromatic carbocycles. The van der Waals surface area contributed by atoms with Crippen molar-refractivity contribution in [1.29, 1.82) is 0 Å². The third-order valence-corrected chi connectivity index (χ3v) is 2.73. The Morgan fingerprint density at radius 1 is 1.24 bits per heavy atom. The molecule has 1 aromatic rings. The van der Waals surface area contributed by atoms with E-state index in [4.69, 9.17) is 0 Å². The molecule has 0 spiro atoms. The van der Waals surface area contributed by atoms with Crippen LogP contribution >= 0.6 is 0 Å². The zero-order valence-electron chi connectivity index (χ0n) is 11.6. The highest BCUT2D eigenvalue weighted by molar-refractivity contribution is 5.97. The van der Waals surface area contributed by atoms with Gasteiger partial charge in [-0.2, -0.15) is 13.2 Å². The summed E-state index contributed by atoms with van der Waals surface area (Å²) in [5.41, 5.74) is 1.55. The van der Waals surface area contributed by atoms with Crippen LogP contribution in [0.4, 0.5) is 18.9 Å². The van der Waals surface area contributed by atoms with Crippen LogP contribution in [0.3, 0.4) is 0 Å². The zero-order chi connectivity index (χ0) is 16.0. The van der Waals surface area contributed by atoms with E-state index in [-0.39, 0.29) is 12.5 Å². The maximum Gasteiger partial charge on any atom is 0.405 e. The van der Waals surface area contributed by atoms with Gasteiger partial charge in [0.25, 0.3) is 5.91 Å². The number of anilines is 1. The number of rotatable bonds is 5. The predicted molar refractivity (Wildman–Crippen MR) is 72.1 cm³/mol. The first-order valence-electron chi connectivity index (χ1n) is 6.13. The van der Waals surface area contributed by atoms with E-state index in [1.807, 2.05) is 0 Å². The van der Waals surface area contributed by atoms with Gasteiger partial charge in [-0.15, -0.1) is 0 Å². The molecule has 0 bridgehead atoms. The van der Waals surface area contributed by atoms with Crippen LogP contribution in [0.1, 0.15) is 15.9 Å². The Balaban J connectivity index is 2.64. The highest BCUT2D eigenvalue weighted by atomic mass is 19.4. The molecule has 0 saturated carbocycles. The zero-order valence-corrected chi connectivity index (χ0v) is 11.6. The summed E-state index contributed by atoms with van der Waals surface area (Å²) in [6, 6.07) is 4.87. The summed E-state index contributed by atoms with van der Waals surface area (Å²) in [4.78, 5) is 22.9. The first-order chi connectivity index (χ1) is 9.74. The maximum atomic E-state index is 11.9. The van der Waals surface area contributed by atoms with Crippen LogP contribution in [-0.4, -0.2) is 38.1 Å². The van der Waals surface area contributed by atoms with E-state index in [9.17, 15) is 22.8 Å². The fraction of sp³-hybridized carbons (Fsp3) is 0.385. The molecule has 0 aliphatic carbocycles. The van der Waals surface area contributed by atoms with Gasteiger partial charge in [0, 0.05) is 18.3 Å². The number of benzene rings is 1.